The third-order valence-electron chi connectivity index (χ3n) is 3.88. The topological polar surface area (TPSA) is 67.9 Å². The SMILES string of the molecule is CCOC(=O)CC1C(=O)NCCN1CC=Cc1ccccc1OC. The van der Waals surface area contributed by atoms with Crippen LogP contribution in [0.15, 0.2) is 30.3 Å². The number of hydrogen-bond acceptors (Lipinski definition) is 5. The molecule has 0 radical (unpaired) electrons. The summed E-state index contributed by atoms with van der Waals surface area (Å²) < 4.78 is 10.3. The fourth-order valence-electron chi connectivity index (χ4n) is 2.70. The Morgan fingerprint density at radius 2 is 2.21 bits per heavy atom. The molecule has 6 nitrogen and oxygen atoms in total. The predicted octanol–water partition coefficient (Wildman–Crippen LogP) is 1.46. The Morgan fingerprint density at radius 3 is 2.96 bits per heavy atom. The molecule has 1 aliphatic heterocycles. The zero-order chi connectivity index (χ0) is 17.4. The van der Waals surface area contributed by atoms with Gasteiger partial charge in [-0.15, -0.1) is 0 Å². The second-order valence-electron chi connectivity index (χ2n) is 5.46. The average Bonchev–Trinajstić information content (AvgIpc) is 2.58. The maximum Gasteiger partial charge on any atom is 0.307 e. The van der Waals surface area contributed by atoms with Crippen molar-refractivity contribution in [1.82, 2.24) is 10.2 Å². The van der Waals surface area contributed by atoms with Crippen molar-refractivity contribution in [3.63, 3.8) is 0 Å². The molecule has 6 heteroatoms. The number of ether oxygens (including phenoxy) is 2. The molecular formula is C18H24N2O4. The summed E-state index contributed by atoms with van der Waals surface area (Å²) in [6, 6.07) is 7.24. The van der Waals surface area contributed by atoms with E-state index >= 15 is 0 Å². The molecule has 130 valence electrons. The molecule has 1 N–H and O–H groups in total. The molecule has 1 amide bonds. The molecule has 1 fully saturated rings. The first-order valence-corrected chi connectivity index (χ1v) is 8.12. The summed E-state index contributed by atoms with van der Waals surface area (Å²) in [4.78, 5) is 25.8. The number of nitrogens with one attached hydrogen (secondary N) is 1. The number of amides is 1. The van der Waals surface area contributed by atoms with Crippen LogP contribution in [-0.2, 0) is 14.3 Å². The van der Waals surface area contributed by atoms with Gasteiger partial charge in [0.1, 0.15) is 5.75 Å². The minimum atomic E-state index is -0.486. The Kier molecular flexibility index (Phi) is 6.81. The van der Waals surface area contributed by atoms with Crippen molar-refractivity contribution in [2.45, 2.75) is 19.4 Å². The second-order valence-corrected chi connectivity index (χ2v) is 5.46. The van der Waals surface area contributed by atoms with E-state index in [0.717, 1.165) is 11.3 Å². The van der Waals surface area contributed by atoms with Crippen molar-refractivity contribution in [1.29, 1.82) is 0 Å². The van der Waals surface area contributed by atoms with E-state index in [9.17, 15) is 9.59 Å². The molecule has 0 aromatic heterocycles. The van der Waals surface area contributed by atoms with Gasteiger partial charge >= 0.3 is 5.97 Å². The number of benzene rings is 1. The van der Waals surface area contributed by atoms with Crippen LogP contribution in [0.3, 0.4) is 0 Å². The Bertz CT molecular complexity index is 600. The van der Waals surface area contributed by atoms with Gasteiger partial charge in [-0.1, -0.05) is 30.4 Å². The third-order valence-corrected chi connectivity index (χ3v) is 3.88. The van der Waals surface area contributed by atoms with E-state index in [-0.39, 0.29) is 18.3 Å². The summed E-state index contributed by atoms with van der Waals surface area (Å²) in [5, 5.41) is 2.80. The molecule has 1 aromatic carbocycles. The van der Waals surface area contributed by atoms with Crippen molar-refractivity contribution in [3.8, 4) is 5.75 Å². The zero-order valence-electron chi connectivity index (χ0n) is 14.2. The van der Waals surface area contributed by atoms with Gasteiger partial charge < -0.3 is 14.8 Å². The fraction of sp³-hybridized carbons (Fsp3) is 0.444. The van der Waals surface area contributed by atoms with Crippen LogP contribution in [0.2, 0.25) is 0 Å². The molecule has 0 spiro atoms. The van der Waals surface area contributed by atoms with Gasteiger partial charge in [0.15, 0.2) is 0 Å². The van der Waals surface area contributed by atoms with Crippen LogP contribution in [0.5, 0.6) is 5.75 Å². The molecule has 1 saturated heterocycles. The highest BCUT2D eigenvalue weighted by atomic mass is 16.5. The number of methoxy groups -OCH3 is 1. The summed E-state index contributed by atoms with van der Waals surface area (Å²) in [5.41, 5.74) is 0.975. The normalized spacial score (nSPS) is 18.4. The van der Waals surface area contributed by atoms with Crippen LogP contribution in [0.4, 0.5) is 0 Å². The van der Waals surface area contributed by atoms with E-state index < -0.39 is 6.04 Å². The lowest BCUT2D eigenvalue weighted by molar-refractivity contribution is -0.147. The third kappa shape index (κ3) is 4.83. The largest absolute Gasteiger partial charge is 0.496 e. The van der Waals surface area contributed by atoms with Gasteiger partial charge in [0.25, 0.3) is 0 Å². The molecule has 0 bridgehead atoms. The quantitative estimate of drug-likeness (QED) is 0.766. The standard InChI is InChI=1S/C18H24N2O4/c1-3-24-17(21)13-15-18(22)19-10-12-20(15)11-6-8-14-7-4-5-9-16(14)23-2/h4-9,15H,3,10-13H2,1-2H3,(H,19,22). The van der Waals surface area contributed by atoms with Gasteiger partial charge in [-0.3, -0.25) is 14.5 Å². The van der Waals surface area contributed by atoms with Crippen LogP contribution in [-0.4, -0.2) is 56.2 Å². The number of carbonyl (C=O) groups excluding carboxylic acids is 2. The Balaban J connectivity index is 2.01. The summed E-state index contributed by atoms with van der Waals surface area (Å²) in [6.45, 7) is 3.94. The highest BCUT2D eigenvalue weighted by molar-refractivity contribution is 5.87. The minimum Gasteiger partial charge on any atom is -0.496 e. The highest BCUT2D eigenvalue weighted by Crippen LogP contribution is 2.19. The van der Waals surface area contributed by atoms with Crippen LogP contribution in [0.1, 0.15) is 18.9 Å². The lowest BCUT2D eigenvalue weighted by Crippen LogP contribution is -2.55. The highest BCUT2D eigenvalue weighted by Gasteiger charge is 2.31. The van der Waals surface area contributed by atoms with E-state index in [0.29, 0.717) is 26.2 Å². The maximum absolute atomic E-state index is 12.1. The van der Waals surface area contributed by atoms with E-state index in [1.165, 1.54) is 0 Å². The predicted molar refractivity (Wildman–Crippen MR) is 91.6 cm³/mol. The first kappa shape index (κ1) is 18.0. The molecule has 1 unspecified atom stereocenters. The Hall–Kier alpha value is -2.34. The summed E-state index contributed by atoms with van der Waals surface area (Å²) >= 11 is 0. The monoisotopic (exact) mass is 332 g/mol. The maximum atomic E-state index is 12.1. The molecule has 1 aromatic rings. The zero-order valence-corrected chi connectivity index (χ0v) is 14.2. The van der Waals surface area contributed by atoms with E-state index in [1.54, 1.807) is 14.0 Å². The summed E-state index contributed by atoms with van der Waals surface area (Å²) in [5.74, 6) is 0.325. The van der Waals surface area contributed by atoms with Crippen molar-refractivity contribution >= 4 is 18.0 Å². The lowest BCUT2D eigenvalue weighted by atomic mass is 10.1. The number of esters is 1. The molecule has 24 heavy (non-hydrogen) atoms. The Labute approximate surface area is 142 Å². The fourth-order valence-corrected chi connectivity index (χ4v) is 2.70. The number of para-hydroxylation sites is 1. The van der Waals surface area contributed by atoms with Crippen molar-refractivity contribution < 1.29 is 19.1 Å². The first-order chi connectivity index (χ1) is 11.7. The van der Waals surface area contributed by atoms with Crippen LogP contribution < -0.4 is 10.1 Å². The van der Waals surface area contributed by atoms with Gasteiger partial charge in [0, 0.05) is 25.2 Å². The van der Waals surface area contributed by atoms with E-state index in [4.69, 9.17) is 9.47 Å². The molecule has 2 rings (SSSR count). The number of hydrogen-bond donors (Lipinski definition) is 1. The van der Waals surface area contributed by atoms with Crippen molar-refractivity contribution in [2.75, 3.05) is 33.4 Å². The summed E-state index contributed by atoms with van der Waals surface area (Å²) in [6.07, 6.45) is 4.02. The minimum absolute atomic E-state index is 0.0716. The number of nitrogens with zero attached hydrogens (tertiary/aromatic N) is 1. The van der Waals surface area contributed by atoms with Crippen molar-refractivity contribution in [2.24, 2.45) is 0 Å². The van der Waals surface area contributed by atoms with Crippen LogP contribution in [0, 0.1) is 0 Å². The molecule has 0 saturated carbocycles. The van der Waals surface area contributed by atoms with Gasteiger partial charge in [0.05, 0.1) is 26.2 Å². The van der Waals surface area contributed by atoms with Gasteiger partial charge in [-0.2, -0.15) is 0 Å². The number of rotatable bonds is 7. The van der Waals surface area contributed by atoms with Crippen LogP contribution >= 0.6 is 0 Å². The second kappa shape index (κ2) is 9.08. The molecule has 0 aliphatic carbocycles. The molecule has 1 heterocycles. The van der Waals surface area contributed by atoms with E-state index in [1.807, 2.05) is 41.3 Å². The molecule has 1 atom stereocenters. The molecular weight excluding hydrogens is 308 g/mol. The smallest absolute Gasteiger partial charge is 0.307 e. The van der Waals surface area contributed by atoms with Crippen LogP contribution in [0.25, 0.3) is 6.08 Å². The van der Waals surface area contributed by atoms with Gasteiger partial charge in [-0.25, -0.2) is 0 Å². The number of carbonyl (C=O) groups is 2. The van der Waals surface area contributed by atoms with Gasteiger partial charge in [-0.05, 0) is 13.0 Å². The first-order valence-electron chi connectivity index (χ1n) is 8.12. The lowest BCUT2D eigenvalue weighted by Gasteiger charge is -2.33. The molecule has 1 aliphatic rings. The van der Waals surface area contributed by atoms with Gasteiger partial charge in [0.2, 0.25) is 5.91 Å². The van der Waals surface area contributed by atoms with Crippen molar-refractivity contribution in [3.05, 3.63) is 35.9 Å². The Morgan fingerprint density at radius 1 is 1.42 bits per heavy atom. The summed E-state index contributed by atoms with van der Waals surface area (Å²) in [7, 11) is 1.64. The number of piperazine rings is 1. The average molecular weight is 332 g/mol. The van der Waals surface area contributed by atoms with E-state index in [2.05, 4.69) is 5.32 Å².